The molecule has 1 heteroatoms. The molecule has 0 saturated heterocycles. The van der Waals surface area contributed by atoms with Crippen molar-refractivity contribution in [2.45, 2.75) is 20.3 Å². The molecule has 2 aliphatic rings. The third-order valence-corrected chi connectivity index (χ3v) is 11.0. The summed E-state index contributed by atoms with van der Waals surface area (Å²) in [6.07, 6.45) is 16.4. The molecule has 0 fully saturated rings. The molecule has 1 nitrogen and oxygen atoms in total. The number of fused-ring (bicyclic) bond motifs is 6. The molecule has 0 amide bonds. The van der Waals surface area contributed by atoms with Crippen LogP contribution in [-0.4, -0.2) is 5.71 Å². The standard InChI is InChI=1S/C54H41N/c1-3-38(41-20-14-22-43(33-41)44-28-30-51-49-26-11-10-24-47(49)48-25-12-13-27-50(48)52(51)35-44)32-37(2)53-31-29-45(40-18-8-5-9-19-40)36-54(55-53)46-23-15-21-42(34-46)39-16-6-4-7-17-39/h3-30,32-33,35-36,46H,34H2,1-2H3/b37-32+,38-3+. The molecule has 0 spiro atoms. The van der Waals surface area contributed by atoms with Crippen molar-refractivity contribution in [3.63, 3.8) is 0 Å². The van der Waals surface area contributed by atoms with E-state index < -0.39 is 0 Å². The monoisotopic (exact) mass is 703 g/mol. The fourth-order valence-corrected chi connectivity index (χ4v) is 8.08. The molecule has 0 saturated carbocycles. The fourth-order valence-electron chi connectivity index (χ4n) is 8.08. The Morgan fingerprint density at radius 2 is 1.22 bits per heavy atom. The first-order valence-corrected chi connectivity index (χ1v) is 19.2. The molecule has 0 radical (unpaired) electrons. The van der Waals surface area contributed by atoms with Gasteiger partial charge in [0.05, 0.1) is 0 Å². The third kappa shape index (κ3) is 6.79. The van der Waals surface area contributed by atoms with E-state index in [1.165, 1.54) is 60.1 Å². The highest BCUT2D eigenvalue weighted by Crippen LogP contribution is 2.38. The van der Waals surface area contributed by atoms with Crippen LogP contribution in [0, 0.1) is 5.92 Å². The van der Waals surface area contributed by atoms with Gasteiger partial charge in [0.25, 0.3) is 0 Å². The first-order chi connectivity index (χ1) is 27.1. The van der Waals surface area contributed by atoms with E-state index >= 15 is 0 Å². The molecule has 7 aromatic rings. The second-order valence-electron chi connectivity index (χ2n) is 14.4. The van der Waals surface area contributed by atoms with Crippen molar-refractivity contribution < 1.29 is 0 Å². The van der Waals surface area contributed by atoms with Crippen molar-refractivity contribution in [3.05, 3.63) is 228 Å². The van der Waals surface area contributed by atoms with E-state index in [-0.39, 0.29) is 5.92 Å². The van der Waals surface area contributed by atoms with E-state index in [1.807, 2.05) is 0 Å². The zero-order valence-electron chi connectivity index (χ0n) is 31.2. The summed E-state index contributed by atoms with van der Waals surface area (Å²) in [6, 6.07) is 54.6. The molecule has 7 aromatic carbocycles. The highest BCUT2D eigenvalue weighted by atomic mass is 14.8. The Bertz CT molecular complexity index is 2830. The van der Waals surface area contributed by atoms with Gasteiger partial charge < -0.3 is 0 Å². The lowest BCUT2D eigenvalue weighted by molar-refractivity contribution is 0.885. The Balaban J connectivity index is 1.07. The molecule has 0 aromatic heterocycles. The van der Waals surface area contributed by atoms with E-state index in [1.54, 1.807) is 0 Å². The Labute approximate surface area is 323 Å². The van der Waals surface area contributed by atoms with Gasteiger partial charge in [0.1, 0.15) is 5.70 Å². The van der Waals surface area contributed by atoms with Crippen molar-refractivity contribution in [2.24, 2.45) is 10.9 Å². The van der Waals surface area contributed by atoms with Crippen LogP contribution in [0.1, 0.15) is 37.0 Å². The summed E-state index contributed by atoms with van der Waals surface area (Å²) in [4.78, 5) is 5.37. The Kier molecular flexibility index (Phi) is 9.22. The number of benzene rings is 7. The largest absolute Gasteiger partial charge is 0.244 e. The van der Waals surface area contributed by atoms with Crippen molar-refractivity contribution in [1.82, 2.24) is 0 Å². The van der Waals surface area contributed by atoms with Gasteiger partial charge in [0.15, 0.2) is 0 Å². The van der Waals surface area contributed by atoms with Crippen LogP contribution in [-0.2, 0) is 0 Å². The number of rotatable bonds is 7. The first-order valence-electron chi connectivity index (χ1n) is 19.2. The quantitative estimate of drug-likeness (QED) is 0.0890. The summed E-state index contributed by atoms with van der Waals surface area (Å²) in [7, 11) is 0. The van der Waals surface area contributed by atoms with Gasteiger partial charge in [-0.2, -0.15) is 0 Å². The van der Waals surface area contributed by atoms with E-state index in [9.17, 15) is 0 Å². The lowest BCUT2D eigenvalue weighted by Crippen LogP contribution is -2.13. The molecule has 1 unspecified atom stereocenters. The van der Waals surface area contributed by atoms with Crippen LogP contribution in [0.15, 0.2) is 216 Å². The van der Waals surface area contributed by atoms with E-state index in [2.05, 4.69) is 214 Å². The van der Waals surface area contributed by atoms with Crippen LogP contribution in [0.3, 0.4) is 0 Å². The molecule has 0 N–H and O–H groups in total. The molecule has 1 aliphatic heterocycles. The maximum atomic E-state index is 5.37. The molecular weight excluding hydrogens is 663 g/mol. The maximum Gasteiger partial charge on any atom is 0.108 e. The van der Waals surface area contributed by atoms with Crippen LogP contribution >= 0.6 is 0 Å². The average molecular weight is 704 g/mol. The van der Waals surface area contributed by atoms with Gasteiger partial charge in [-0.25, -0.2) is 4.99 Å². The van der Waals surface area contributed by atoms with Gasteiger partial charge in [-0.05, 0) is 133 Å². The second-order valence-corrected chi connectivity index (χ2v) is 14.4. The highest BCUT2D eigenvalue weighted by Gasteiger charge is 2.20. The highest BCUT2D eigenvalue weighted by molar-refractivity contribution is 6.25. The summed E-state index contributed by atoms with van der Waals surface area (Å²) in [5.74, 6) is 0.143. The molecule has 1 aliphatic carbocycles. The van der Waals surface area contributed by atoms with Gasteiger partial charge in [0.2, 0.25) is 0 Å². The van der Waals surface area contributed by atoms with Gasteiger partial charge in [0, 0.05) is 11.6 Å². The van der Waals surface area contributed by atoms with Crippen LogP contribution in [0.5, 0.6) is 0 Å². The Morgan fingerprint density at radius 3 is 1.91 bits per heavy atom. The predicted octanol–water partition coefficient (Wildman–Crippen LogP) is 14.4. The number of allylic oxidation sites excluding steroid dienone is 10. The van der Waals surface area contributed by atoms with Gasteiger partial charge in [-0.15, -0.1) is 0 Å². The van der Waals surface area contributed by atoms with Gasteiger partial charge >= 0.3 is 0 Å². The van der Waals surface area contributed by atoms with Crippen LogP contribution in [0.4, 0.5) is 0 Å². The molecule has 0 bridgehead atoms. The van der Waals surface area contributed by atoms with Crippen LogP contribution in [0.25, 0.3) is 60.2 Å². The predicted molar refractivity (Wildman–Crippen MR) is 237 cm³/mol. The minimum atomic E-state index is 0.143. The van der Waals surface area contributed by atoms with Crippen LogP contribution < -0.4 is 0 Å². The minimum Gasteiger partial charge on any atom is -0.244 e. The third-order valence-electron chi connectivity index (χ3n) is 11.0. The molecule has 55 heavy (non-hydrogen) atoms. The summed E-state index contributed by atoms with van der Waals surface area (Å²) >= 11 is 0. The summed E-state index contributed by atoms with van der Waals surface area (Å²) in [5.41, 5.74) is 16.1. The van der Waals surface area contributed by atoms with E-state index in [0.717, 1.165) is 40.1 Å². The maximum absolute atomic E-state index is 5.37. The number of hydrogen-bond acceptors (Lipinski definition) is 1. The minimum absolute atomic E-state index is 0.143. The van der Waals surface area contributed by atoms with E-state index in [0.29, 0.717) is 0 Å². The topological polar surface area (TPSA) is 12.4 Å². The van der Waals surface area contributed by atoms with Crippen LogP contribution in [0.2, 0.25) is 0 Å². The van der Waals surface area contributed by atoms with Gasteiger partial charge in [-0.1, -0.05) is 170 Å². The average Bonchev–Trinajstić information content (AvgIpc) is 3.50. The summed E-state index contributed by atoms with van der Waals surface area (Å²) in [6.45, 7) is 4.27. The number of nitrogens with zero attached hydrogens (tertiary/aromatic N) is 1. The fraction of sp³-hybridized carbons (Fsp3) is 0.0741. The Morgan fingerprint density at radius 1 is 0.618 bits per heavy atom. The number of hydrogen-bond donors (Lipinski definition) is 0. The number of aliphatic imine (C=N–C) groups is 1. The van der Waals surface area contributed by atoms with Crippen molar-refractivity contribution in [2.75, 3.05) is 0 Å². The molecule has 9 rings (SSSR count). The van der Waals surface area contributed by atoms with Crippen molar-refractivity contribution >= 4 is 54.7 Å². The molecule has 1 atom stereocenters. The normalized spacial score (nSPS) is 16.1. The van der Waals surface area contributed by atoms with E-state index in [4.69, 9.17) is 4.99 Å². The lowest BCUT2D eigenvalue weighted by atomic mass is 9.86. The SMILES string of the molecule is C/C=C(\C=C(/C)C1=C=CC(c2ccccc2)=CC(C2C=CC=C(c3ccccc3)C2)=N1)c1cccc(-c2ccc3c4ccccc4c4ccccc4c3c2)c1. The Hall–Kier alpha value is -6.79. The zero-order chi connectivity index (χ0) is 37.1. The van der Waals surface area contributed by atoms with Crippen molar-refractivity contribution in [3.8, 4) is 11.1 Å². The van der Waals surface area contributed by atoms with Crippen molar-refractivity contribution in [1.29, 1.82) is 0 Å². The molecule has 262 valence electrons. The lowest BCUT2D eigenvalue weighted by Gasteiger charge is -2.20. The first kappa shape index (κ1) is 34.0. The molecule has 1 heterocycles. The second kappa shape index (κ2) is 14.9. The smallest absolute Gasteiger partial charge is 0.108 e. The zero-order valence-corrected chi connectivity index (χ0v) is 31.2. The van der Waals surface area contributed by atoms with Gasteiger partial charge in [-0.3, -0.25) is 0 Å². The molecular formula is C54H41N. The summed E-state index contributed by atoms with van der Waals surface area (Å²) < 4.78 is 0. The summed E-state index contributed by atoms with van der Waals surface area (Å²) in [5, 5.41) is 7.73.